The van der Waals surface area contributed by atoms with E-state index < -0.39 is 0 Å². The lowest BCUT2D eigenvalue weighted by molar-refractivity contribution is 0.323. The first-order valence-electron chi connectivity index (χ1n) is 2.21. The van der Waals surface area contributed by atoms with Gasteiger partial charge in [0.15, 0.2) is 0 Å². The summed E-state index contributed by atoms with van der Waals surface area (Å²) in [5, 5.41) is 16.1. The second-order valence-electron chi connectivity index (χ2n) is 1.17. The molecule has 7 heavy (non-hydrogen) atoms. The maximum absolute atomic E-state index is 8.13. The van der Waals surface area contributed by atoms with E-state index in [4.69, 9.17) is 10.4 Å². The van der Waals surface area contributed by atoms with Crippen molar-refractivity contribution in [3.05, 3.63) is 6.42 Å². The second-order valence-corrected chi connectivity index (χ2v) is 1.17. The standard InChI is InChI=1S/C5H8NO/c6-4-2-1-3-5-7/h3,7H,1-2,5H2. The number of aliphatic hydroxyl groups is 1. The van der Waals surface area contributed by atoms with Crippen LogP contribution in [0.5, 0.6) is 0 Å². The van der Waals surface area contributed by atoms with Crippen LogP contribution in [-0.2, 0) is 0 Å². The maximum Gasteiger partial charge on any atom is 0.0621 e. The van der Waals surface area contributed by atoms with Crippen molar-refractivity contribution in [2.75, 3.05) is 6.61 Å². The second kappa shape index (κ2) is 5.45. The Hall–Kier alpha value is -0.550. The fourth-order valence-corrected chi connectivity index (χ4v) is 0.258. The number of aliphatic hydroxyl groups excluding tert-OH is 1. The Morgan fingerprint density at radius 2 is 2.43 bits per heavy atom. The molecule has 2 heteroatoms. The number of nitrogens with zero attached hydrogens (tertiary/aromatic N) is 1. The van der Waals surface area contributed by atoms with Crippen LogP contribution in [0, 0.1) is 17.8 Å². The molecule has 0 aliphatic carbocycles. The lowest BCUT2D eigenvalue weighted by atomic mass is 10.3. The number of nitriles is 1. The fourth-order valence-electron chi connectivity index (χ4n) is 0.258. The lowest BCUT2D eigenvalue weighted by Gasteiger charge is -1.83. The summed E-state index contributed by atoms with van der Waals surface area (Å²) in [6, 6.07) is 1.96. The molecule has 0 saturated carbocycles. The summed E-state index contributed by atoms with van der Waals surface area (Å²) in [6.45, 7) is 0.0850. The van der Waals surface area contributed by atoms with Gasteiger partial charge in [-0.1, -0.05) is 0 Å². The normalized spacial score (nSPS) is 8.00. The molecule has 0 heterocycles. The van der Waals surface area contributed by atoms with Crippen LogP contribution >= 0.6 is 0 Å². The van der Waals surface area contributed by atoms with Crippen LogP contribution in [0.25, 0.3) is 0 Å². The summed E-state index contributed by atoms with van der Waals surface area (Å²) in [6.07, 6.45) is 2.89. The quantitative estimate of drug-likeness (QED) is 0.522. The zero-order valence-electron chi connectivity index (χ0n) is 4.09. The topological polar surface area (TPSA) is 44.0 Å². The molecule has 39 valence electrons. The molecule has 0 unspecified atom stereocenters. The molecule has 0 atom stereocenters. The molecular weight excluding hydrogens is 90.1 g/mol. The summed E-state index contributed by atoms with van der Waals surface area (Å²) >= 11 is 0. The molecule has 0 saturated heterocycles. The van der Waals surface area contributed by atoms with Gasteiger partial charge in [-0.15, -0.1) is 0 Å². The van der Waals surface area contributed by atoms with Gasteiger partial charge in [0.05, 0.1) is 6.07 Å². The Morgan fingerprint density at radius 3 is 2.86 bits per heavy atom. The molecule has 2 nitrogen and oxygen atoms in total. The third-order valence-electron chi connectivity index (χ3n) is 0.589. The summed E-state index contributed by atoms with van der Waals surface area (Å²) in [5.41, 5.74) is 0. The first-order valence-corrected chi connectivity index (χ1v) is 2.21. The van der Waals surface area contributed by atoms with Gasteiger partial charge >= 0.3 is 0 Å². The van der Waals surface area contributed by atoms with Gasteiger partial charge in [0.25, 0.3) is 0 Å². The molecule has 1 N–H and O–H groups in total. The van der Waals surface area contributed by atoms with E-state index in [0.29, 0.717) is 12.8 Å². The van der Waals surface area contributed by atoms with E-state index in [-0.39, 0.29) is 6.61 Å². The first kappa shape index (κ1) is 6.45. The summed E-state index contributed by atoms with van der Waals surface area (Å²) in [5.74, 6) is 0. The Kier molecular flexibility index (Phi) is 5.02. The van der Waals surface area contributed by atoms with Gasteiger partial charge < -0.3 is 5.11 Å². The van der Waals surface area contributed by atoms with Gasteiger partial charge in [0.2, 0.25) is 0 Å². The predicted molar refractivity (Wildman–Crippen MR) is 26.2 cm³/mol. The van der Waals surface area contributed by atoms with Gasteiger partial charge in [0, 0.05) is 13.0 Å². The maximum atomic E-state index is 8.13. The smallest absolute Gasteiger partial charge is 0.0621 e. The molecule has 0 aromatic rings. The fraction of sp³-hybridized carbons (Fsp3) is 0.600. The average Bonchev–Trinajstić information content (AvgIpc) is 1.69. The minimum atomic E-state index is 0.0850. The minimum Gasteiger partial charge on any atom is -0.396 e. The van der Waals surface area contributed by atoms with Crippen molar-refractivity contribution in [2.45, 2.75) is 12.8 Å². The summed E-state index contributed by atoms with van der Waals surface area (Å²) in [4.78, 5) is 0. The van der Waals surface area contributed by atoms with Crippen LogP contribution in [0.1, 0.15) is 12.8 Å². The van der Waals surface area contributed by atoms with Crippen LogP contribution in [0.3, 0.4) is 0 Å². The summed E-state index contributed by atoms with van der Waals surface area (Å²) < 4.78 is 0. The Labute approximate surface area is 43.4 Å². The molecule has 0 amide bonds. The van der Waals surface area contributed by atoms with Crippen LogP contribution in [-0.4, -0.2) is 11.7 Å². The highest BCUT2D eigenvalue weighted by atomic mass is 16.2. The van der Waals surface area contributed by atoms with E-state index in [2.05, 4.69) is 0 Å². The molecule has 0 fully saturated rings. The molecule has 0 aliphatic heterocycles. The zero-order chi connectivity index (χ0) is 5.54. The third kappa shape index (κ3) is 5.45. The van der Waals surface area contributed by atoms with Gasteiger partial charge in [-0.3, -0.25) is 0 Å². The SMILES string of the molecule is N#CCC[CH]CO. The van der Waals surface area contributed by atoms with Crippen LogP contribution in [0.2, 0.25) is 0 Å². The number of unbranched alkanes of at least 4 members (excludes halogenated alkanes) is 2. The predicted octanol–water partition coefficient (Wildman–Crippen LogP) is 0.487. The van der Waals surface area contributed by atoms with Gasteiger partial charge in [-0.25, -0.2) is 0 Å². The van der Waals surface area contributed by atoms with E-state index in [9.17, 15) is 0 Å². The van der Waals surface area contributed by atoms with E-state index >= 15 is 0 Å². The zero-order valence-corrected chi connectivity index (χ0v) is 4.09. The average molecular weight is 98.1 g/mol. The van der Waals surface area contributed by atoms with Crippen molar-refractivity contribution in [1.82, 2.24) is 0 Å². The Bertz CT molecular complexity index is 65.0. The van der Waals surface area contributed by atoms with E-state index in [1.165, 1.54) is 0 Å². The molecule has 0 aromatic heterocycles. The first-order chi connectivity index (χ1) is 3.41. The van der Waals surface area contributed by atoms with Crippen LogP contribution in [0.15, 0.2) is 0 Å². The molecular formula is C5H8NO. The van der Waals surface area contributed by atoms with Crippen molar-refractivity contribution < 1.29 is 5.11 Å². The van der Waals surface area contributed by atoms with Crippen molar-refractivity contribution in [2.24, 2.45) is 0 Å². The van der Waals surface area contributed by atoms with E-state index in [1.807, 2.05) is 6.07 Å². The van der Waals surface area contributed by atoms with Gasteiger partial charge in [-0.2, -0.15) is 5.26 Å². The van der Waals surface area contributed by atoms with Crippen LogP contribution in [0.4, 0.5) is 0 Å². The van der Waals surface area contributed by atoms with Gasteiger partial charge in [0.1, 0.15) is 0 Å². The minimum absolute atomic E-state index is 0.0850. The monoisotopic (exact) mass is 98.1 g/mol. The van der Waals surface area contributed by atoms with Crippen molar-refractivity contribution in [3.8, 4) is 6.07 Å². The number of rotatable bonds is 3. The Morgan fingerprint density at radius 1 is 1.71 bits per heavy atom. The van der Waals surface area contributed by atoms with Crippen LogP contribution < -0.4 is 0 Å². The molecule has 0 rings (SSSR count). The lowest BCUT2D eigenvalue weighted by Crippen LogP contribution is -1.81. The van der Waals surface area contributed by atoms with Crippen molar-refractivity contribution in [1.29, 1.82) is 5.26 Å². The highest BCUT2D eigenvalue weighted by molar-refractivity contribution is 4.74. The molecule has 0 spiro atoms. The number of hydrogen-bond acceptors (Lipinski definition) is 2. The highest BCUT2D eigenvalue weighted by Crippen LogP contribution is 1.88. The third-order valence-corrected chi connectivity index (χ3v) is 0.589. The van der Waals surface area contributed by atoms with E-state index in [0.717, 1.165) is 0 Å². The largest absolute Gasteiger partial charge is 0.396 e. The van der Waals surface area contributed by atoms with E-state index in [1.54, 1.807) is 6.42 Å². The van der Waals surface area contributed by atoms with Crippen molar-refractivity contribution >= 4 is 0 Å². The number of hydrogen-bond donors (Lipinski definition) is 1. The molecule has 0 aromatic carbocycles. The van der Waals surface area contributed by atoms with Gasteiger partial charge in [-0.05, 0) is 12.8 Å². The molecule has 0 bridgehead atoms. The Balaban J connectivity index is 2.60. The van der Waals surface area contributed by atoms with Crippen molar-refractivity contribution in [3.63, 3.8) is 0 Å². The molecule has 0 aliphatic rings. The molecule has 1 radical (unpaired) electrons. The summed E-state index contributed by atoms with van der Waals surface area (Å²) in [7, 11) is 0. The highest BCUT2D eigenvalue weighted by Gasteiger charge is 1.81.